The molecule has 1 aliphatic heterocycles. The molecule has 160 valence electrons. The highest BCUT2D eigenvalue weighted by Gasteiger charge is 2.29. The summed E-state index contributed by atoms with van der Waals surface area (Å²) >= 11 is 0. The second-order valence-electron chi connectivity index (χ2n) is 7.73. The summed E-state index contributed by atoms with van der Waals surface area (Å²) in [6.45, 7) is 3.93. The van der Waals surface area contributed by atoms with Crippen molar-refractivity contribution >= 4 is 6.21 Å². The summed E-state index contributed by atoms with van der Waals surface area (Å²) in [5.41, 5.74) is 3.73. The number of methoxy groups -OCH3 is 2. The van der Waals surface area contributed by atoms with Crippen LogP contribution < -0.4 is 14.4 Å². The molecular weight excluding hydrogens is 386 g/mol. The summed E-state index contributed by atoms with van der Waals surface area (Å²) in [6.07, 6.45) is 1.90. The van der Waals surface area contributed by atoms with Crippen LogP contribution in [0.25, 0.3) is 0 Å². The number of quaternary nitrogens is 1. The van der Waals surface area contributed by atoms with Crippen LogP contribution in [0.4, 0.5) is 0 Å². The van der Waals surface area contributed by atoms with E-state index in [2.05, 4.69) is 65.7 Å². The van der Waals surface area contributed by atoms with Gasteiger partial charge in [-0.15, -0.1) is 0 Å². The Kier molecular flexibility index (Phi) is 6.85. The van der Waals surface area contributed by atoms with E-state index in [0.29, 0.717) is 11.8 Å². The van der Waals surface area contributed by atoms with Gasteiger partial charge in [-0.05, 0) is 23.8 Å². The van der Waals surface area contributed by atoms with Crippen molar-refractivity contribution in [3.8, 4) is 11.5 Å². The molecule has 0 atom stereocenters. The van der Waals surface area contributed by atoms with Crippen LogP contribution in [-0.2, 0) is 0 Å². The third kappa shape index (κ3) is 5.06. The highest BCUT2D eigenvalue weighted by atomic mass is 16.5. The van der Waals surface area contributed by atoms with Gasteiger partial charge in [-0.1, -0.05) is 60.7 Å². The molecule has 1 aliphatic rings. The lowest BCUT2D eigenvalue weighted by molar-refractivity contribution is -0.929. The predicted octanol–water partition coefficient (Wildman–Crippen LogP) is 3.03. The average molecular weight is 417 g/mol. The van der Waals surface area contributed by atoms with Crippen molar-refractivity contribution < 1.29 is 14.4 Å². The Bertz CT molecular complexity index is 945. The Morgan fingerprint density at radius 1 is 0.806 bits per heavy atom. The standard InChI is InChI=1S/C26H29N3O2/c1-30-24-14-13-21(19-25(24)31-2)20-27-29-17-15-28(16-18-29)26(22-9-5-3-6-10-22)23-11-7-4-8-12-23/h3-14,19-20,26H,15-18H2,1-2H3/p+1/b27-20-. The summed E-state index contributed by atoms with van der Waals surface area (Å²) in [5.74, 6) is 1.44. The molecule has 0 aromatic heterocycles. The molecule has 0 saturated carbocycles. The molecule has 4 rings (SSSR count). The zero-order chi connectivity index (χ0) is 21.5. The van der Waals surface area contributed by atoms with E-state index in [0.717, 1.165) is 37.5 Å². The van der Waals surface area contributed by atoms with Gasteiger partial charge in [0.25, 0.3) is 0 Å². The number of rotatable bonds is 7. The van der Waals surface area contributed by atoms with Crippen LogP contribution in [0.3, 0.4) is 0 Å². The zero-order valence-corrected chi connectivity index (χ0v) is 18.2. The van der Waals surface area contributed by atoms with Gasteiger partial charge < -0.3 is 14.4 Å². The van der Waals surface area contributed by atoms with Gasteiger partial charge in [0.05, 0.1) is 46.6 Å². The maximum absolute atomic E-state index is 5.39. The van der Waals surface area contributed by atoms with Gasteiger partial charge in [0.2, 0.25) is 0 Å². The molecule has 1 fully saturated rings. The first-order valence-electron chi connectivity index (χ1n) is 10.7. The van der Waals surface area contributed by atoms with Gasteiger partial charge >= 0.3 is 0 Å². The topological polar surface area (TPSA) is 38.5 Å². The third-order valence-electron chi connectivity index (χ3n) is 5.83. The molecule has 0 amide bonds. The normalized spacial score (nSPS) is 14.9. The van der Waals surface area contributed by atoms with Gasteiger partial charge in [-0.2, -0.15) is 5.10 Å². The van der Waals surface area contributed by atoms with E-state index in [-0.39, 0.29) is 0 Å². The molecule has 0 unspecified atom stereocenters. The molecule has 3 aromatic rings. The zero-order valence-electron chi connectivity index (χ0n) is 18.2. The second kappa shape index (κ2) is 10.1. The van der Waals surface area contributed by atoms with Gasteiger partial charge in [-0.25, -0.2) is 0 Å². The van der Waals surface area contributed by atoms with Crippen molar-refractivity contribution in [1.29, 1.82) is 0 Å². The van der Waals surface area contributed by atoms with E-state index in [1.165, 1.54) is 11.1 Å². The molecule has 0 spiro atoms. The second-order valence-corrected chi connectivity index (χ2v) is 7.73. The summed E-state index contributed by atoms with van der Waals surface area (Å²) < 4.78 is 10.7. The maximum atomic E-state index is 5.39. The predicted molar refractivity (Wildman–Crippen MR) is 124 cm³/mol. The van der Waals surface area contributed by atoms with Crippen molar-refractivity contribution in [3.05, 3.63) is 95.6 Å². The highest BCUT2D eigenvalue weighted by molar-refractivity contribution is 5.80. The lowest BCUT2D eigenvalue weighted by Gasteiger charge is -2.36. The molecular formula is C26H30N3O2+. The molecule has 5 nitrogen and oxygen atoms in total. The molecule has 1 saturated heterocycles. The van der Waals surface area contributed by atoms with E-state index < -0.39 is 0 Å². The number of ether oxygens (including phenoxy) is 2. The van der Waals surface area contributed by atoms with E-state index >= 15 is 0 Å². The number of hydrazone groups is 1. The Morgan fingerprint density at radius 3 is 1.94 bits per heavy atom. The highest BCUT2D eigenvalue weighted by Crippen LogP contribution is 2.27. The van der Waals surface area contributed by atoms with Crippen LogP contribution in [0, 0.1) is 0 Å². The molecule has 5 heteroatoms. The first-order chi connectivity index (χ1) is 15.3. The lowest BCUT2D eigenvalue weighted by Crippen LogP contribution is -3.15. The fourth-order valence-corrected chi connectivity index (χ4v) is 4.22. The van der Waals surface area contributed by atoms with Crippen LogP contribution in [0.15, 0.2) is 84.0 Å². The average Bonchev–Trinajstić information content (AvgIpc) is 2.85. The molecule has 1 N–H and O–H groups in total. The molecule has 1 heterocycles. The number of nitrogens with one attached hydrogen (secondary N) is 1. The molecule has 3 aromatic carbocycles. The third-order valence-corrected chi connectivity index (χ3v) is 5.83. The first-order valence-corrected chi connectivity index (χ1v) is 10.7. The minimum atomic E-state index is 0.347. The summed E-state index contributed by atoms with van der Waals surface area (Å²) in [7, 11) is 3.29. The SMILES string of the molecule is COc1ccc(/C=N\N2CC[NH+](C(c3ccccc3)c3ccccc3)CC2)cc1OC. The van der Waals surface area contributed by atoms with Gasteiger partial charge in [0.1, 0.15) is 6.04 Å². The summed E-state index contributed by atoms with van der Waals surface area (Å²) in [6, 6.07) is 27.9. The minimum Gasteiger partial charge on any atom is -0.493 e. The lowest BCUT2D eigenvalue weighted by atomic mass is 9.96. The number of nitrogens with zero attached hydrogens (tertiary/aromatic N) is 2. The van der Waals surface area contributed by atoms with Crippen LogP contribution in [-0.4, -0.2) is 51.6 Å². The van der Waals surface area contributed by atoms with E-state index in [1.54, 1.807) is 19.1 Å². The van der Waals surface area contributed by atoms with Crippen LogP contribution in [0.5, 0.6) is 11.5 Å². The smallest absolute Gasteiger partial charge is 0.161 e. The quantitative estimate of drug-likeness (QED) is 0.602. The van der Waals surface area contributed by atoms with Crippen LogP contribution in [0.2, 0.25) is 0 Å². The monoisotopic (exact) mass is 416 g/mol. The minimum absolute atomic E-state index is 0.347. The fraction of sp³-hybridized carbons (Fsp3) is 0.269. The largest absolute Gasteiger partial charge is 0.493 e. The van der Waals surface area contributed by atoms with Gasteiger partial charge in [-0.3, -0.25) is 5.01 Å². The Balaban J connectivity index is 1.44. The number of hydrogen-bond donors (Lipinski definition) is 1. The summed E-state index contributed by atoms with van der Waals surface area (Å²) in [4.78, 5) is 1.58. The molecule has 31 heavy (non-hydrogen) atoms. The molecule has 0 aliphatic carbocycles. The van der Waals surface area contributed by atoms with E-state index in [9.17, 15) is 0 Å². The Labute approximate surface area is 184 Å². The van der Waals surface area contributed by atoms with Gasteiger partial charge in [0, 0.05) is 11.1 Å². The summed E-state index contributed by atoms with van der Waals surface area (Å²) in [5, 5.41) is 6.88. The molecule has 0 radical (unpaired) electrons. The Morgan fingerprint density at radius 2 is 1.39 bits per heavy atom. The number of hydrogen-bond acceptors (Lipinski definition) is 4. The molecule has 0 bridgehead atoms. The van der Waals surface area contributed by atoms with Crippen molar-refractivity contribution in [2.24, 2.45) is 5.10 Å². The maximum Gasteiger partial charge on any atom is 0.161 e. The fourth-order valence-electron chi connectivity index (χ4n) is 4.22. The van der Waals surface area contributed by atoms with Gasteiger partial charge in [0.15, 0.2) is 11.5 Å². The number of benzene rings is 3. The van der Waals surface area contributed by atoms with Crippen LogP contribution in [0.1, 0.15) is 22.7 Å². The van der Waals surface area contributed by atoms with Crippen molar-refractivity contribution in [2.45, 2.75) is 6.04 Å². The van der Waals surface area contributed by atoms with E-state index in [4.69, 9.17) is 14.6 Å². The van der Waals surface area contributed by atoms with E-state index in [1.807, 2.05) is 24.4 Å². The van der Waals surface area contributed by atoms with Crippen molar-refractivity contribution in [3.63, 3.8) is 0 Å². The van der Waals surface area contributed by atoms with Crippen LogP contribution >= 0.6 is 0 Å². The number of piperazine rings is 1. The Hall–Kier alpha value is -3.31. The first kappa shape index (κ1) is 20.9. The van der Waals surface area contributed by atoms with Crippen molar-refractivity contribution in [2.75, 3.05) is 40.4 Å². The van der Waals surface area contributed by atoms with Crippen molar-refractivity contribution in [1.82, 2.24) is 5.01 Å².